The molecule has 1 amide bonds. The summed E-state index contributed by atoms with van der Waals surface area (Å²) in [7, 11) is 0. The molecule has 14 heteroatoms. The Kier molecular flexibility index (Phi) is 5.93. The zero-order valence-electron chi connectivity index (χ0n) is 21.7. The Morgan fingerprint density at radius 3 is 2.65 bits per heavy atom. The predicted octanol–water partition coefficient (Wildman–Crippen LogP) is 2.64. The van der Waals surface area contributed by atoms with Crippen molar-refractivity contribution in [2.45, 2.75) is 32.9 Å². The molecule has 4 aromatic heterocycles. The summed E-state index contributed by atoms with van der Waals surface area (Å²) in [6.45, 7) is 5.40. The lowest BCUT2D eigenvalue weighted by molar-refractivity contribution is 0.0932. The number of aryl methyl sites for hydroxylation is 1. The number of halogens is 1. The third-order valence-electron chi connectivity index (χ3n) is 6.63. The van der Waals surface area contributed by atoms with Gasteiger partial charge in [0.25, 0.3) is 5.91 Å². The van der Waals surface area contributed by atoms with Crippen LogP contribution in [0.2, 0.25) is 0 Å². The first-order valence-corrected chi connectivity index (χ1v) is 12.4. The molecule has 0 fully saturated rings. The van der Waals surface area contributed by atoms with Gasteiger partial charge in [-0.05, 0) is 44.5 Å². The van der Waals surface area contributed by atoms with Gasteiger partial charge in [-0.2, -0.15) is 9.61 Å². The van der Waals surface area contributed by atoms with E-state index in [-0.39, 0.29) is 29.5 Å². The lowest BCUT2D eigenvalue weighted by Gasteiger charge is -2.22. The molecule has 2 bridgehead atoms. The molecule has 0 spiro atoms. The van der Waals surface area contributed by atoms with Gasteiger partial charge in [0.05, 0.1) is 36.2 Å². The van der Waals surface area contributed by atoms with Crippen LogP contribution < -0.4 is 26.9 Å². The number of nitrogens with two attached hydrogens (primary N) is 1. The number of ether oxygens (including phenoxy) is 1. The van der Waals surface area contributed by atoms with Crippen LogP contribution in [-0.4, -0.2) is 47.9 Å². The Hall–Kier alpha value is -5.27. The van der Waals surface area contributed by atoms with Gasteiger partial charge in [0.2, 0.25) is 5.88 Å². The van der Waals surface area contributed by atoms with E-state index in [1.807, 2.05) is 6.92 Å². The summed E-state index contributed by atoms with van der Waals surface area (Å²) in [4.78, 5) is 34.0. The molecule has 2 atom stereocenters. The van der Waals surface area contributed by atoms with Crippen LogP contribution in [0.4, 0.5) is 16.0 Å². The summed E-state index contributed by atoms with van der Waals surface area (Å²) >= 11 is 0. The van der Waals surface area contributed by atoms with E-state index in [4.69, 9.17) is 20.0 Å². The number of anilines is 2. The minimum Gasteiger partial charge on any atom is -0.473 e. The molecule has 0 radical (unpaired) electrons. The van der Waals surface area contributed by atoms with Crippen molar-refractivity contribution < 1.29 is 18.4 Å². The topological polar surface area (TPSA) is 167 Å². The molecule has 2 unspecified atom stereocenters. The summed E-state index contributed by atoms with van der Waals surface area (Å²) in [6.07, 6.45) is 2.01. The van der Waals surface area contributed by atoms with Gasteiger partial charge in [-0.15, -0.1) is 0 Å². The van der Waals surface area contributed by atoms with E-state index in [1.165, 1.54) is 21.3 Å². The average molecular weight is 546 g/mol. The number of hydrogen-bond acceptors (Lipinski definition) is 10. The van der Waals surface area contributed by atoms with Crippen molar-refractivity contribution in [3.05, 3.63) is 76.0 Å². The molecule has 1 aliphatic rings. The highest BCUT2D eigenvalue weighted by Crippen LogP contribution is 2.37. The van der Waals surface area contributed by atoms with Crippen molar-refractivity contribution >= 4 is 23.2 Å². The molecule has 0 saturated heterocycles. The molecule has 5 heterocycles. The zero-order valence-corrected chi connectivity index (χ0v) is 21.7. The van der Waals surface area contributed by atoms with Gasteiger partial charge in [0.15, 0.2) is 11.5 Å². The number of fused-ring (bicyclic) bond motifs is 2. The minimum absolute atomic E-state index is 0.165. The lowest BCUT2D eigenvalue weighted by atomic mass is 10.0. The summed E-state index contributed by atoms with van der Waals surface area (Å²) in [5, 5.41) is 14.1. The summed E-state index contributed by atoms with van der Waals surface area (Å²) in [5.41, 5.74) is 9.21. The summed E-state index contributed by atoms with van der Waals surface area (Å²) < 4.78 is 27.7. The van der Waals surface area contributed by atoms with Crippen LogP contribution in [-0.2, 0) is 0 Å². The van der Waals surface area contributed by atoms with E-state index in [0.29, 0.717) is 34.0 Å². The van der Waals surface area contributed by atoms with Crippen LogP contribution in [0.15, 0.2) is 52.0 Å². The summed E-state index contributed by atoms with van der Waals surface area (Å²) in [6, 6.07) is 7.75. The fourth-order valence-electron chi connectivity index (χ4n) is 4.65. The zero-order chi connectivity index (χ0) is 28.1. The number of aromatic nitrogens is 6. The second-order valence-electron chi connectivity index (χ2n) is 9.44. The predicted molar refractivity (Wildman–Crippen MR) is 142 cm³/mol. The number of rotatable bonds is 2. The van der Waals surface area contributed by atoms with Crippen LogP contribution in [0.3, 0.4) is 0 Å². The second-order valence-corrected chi connectivity index (χ2v) is 9.44. The molecule has 40 heavy (non-hydrogen) atoms. The molecule has 13 nitrogen and oxygen atoms in total. The van der Waals surface area contributed by atoms with Crippen LogP contribution in [0, 0.1) is 12.7 Å². The molecule has 4 N–H and O–H groups in total. The number of carbonyl (C=O) groups excluding carboxylic acids is 1. The van der Waals surface area contributed by atoms with Crippen molar-refractivity contribution in [2.24, 2.45) is 0 Å². The van der Waals surface area contributed by atoms with Gasteiger partial charge in [-0.1, -0.05) is 17.3 Å². The lowest BCUT2D eigenvalue weighted by Crippen LogP contribution is -2.34. The number of amides is 1. The number of nitrogens with zero attached hydrogens (tertiary/aromatic N) is 6. The molecule has 1 aromatic carbocycles. The van der Waals surface area contributed by atoms with Crippen molar-refractivity contribution in [3.8, 4) is 22.7 Å². The smallest absolute Gasteiger partial charge is 0.446 e. The molecular weight excluding hydrogens is 521 g/mol. The van der Waals surface area contributed by atoms with Crippen molar-refractivity contribution in [1.82, 2.24) is 34.6 Å². The first-order chi connectivity index (χ1) is 19.2. The SMILES string of the molecule is Cc1noc(=O)n1-c1ccc(-c2c3nc4c(cnn4c2N)C(=O)NCC(C)Oc2ncc(F)cc2C(C)N3)cc1. The molecule has 5 aromatic rings. The fraction of sp³-hybridized carbons (Fsp3) is 0.231. The van der Waals surface area contributed by atoms with Crippen LogP contribution in [0.1, 0.15) is 41.6 Å². The number of hydrogen-bond donors (Lipinski definition) is 3. The molecule has 6 rings (SSSR count). The normalized spacial score (nSPS) is 17.2. The van der Waals surface area contributed by atoms with Crippen molar-refractivity contribution in [1.29, 1.82) is 0 Å². The molecule has 1 aliphatic heterocycles. The Morgan fingerprint density at radius 1 is 1.15 bits per heavy atom. The molecule has 204 valence electrons. The number of nitrogen functional groups attached to an aromatic ring is 1. The second kappa shape index (κ2) is 9.48. The largest absolute Gasteiger partial charge is 0.473 e. The van der Waals surface area contributed by atoms with E-state index in [2.05, 4.69) is 25.9 Å². The van der Waals surface area contributed by atoms with E-state index < -0.39 is 29.6 Å². The maximum absolute atomic E-state index is 14.3. The Morgan fingerprint density at radius 2 is 1.93 bits per heavy atom. The molecule has 0 saturated carbocycles. The third kappa shape index (κ3) is 4.19. The maximum Gasteiger partial charge on any atom is 0.446 e. The van der Waals surface area contributed by atoms with Gasteiger partial charge < -0.3 is 21.1 Å². The third-order valence-corrected chi connectivity index (χ3v) is 6.63. The first kappa shape index (κ1) is 25.0. The fourth-order valence-corrected chi connectivity index (χ4v) is 4.65. The maximum atomic E-state index is 14.3. The van der Waals surface area contributed by atoms with Gasteiger partial charge in [0, 0.05) is 5.56 Å². The molecule has 0 aliphatic carbocycles. The van der Waals surface area contributed by atoms with Gasteiger partial charge >= 0.3 is 5.76 Å². The average Bonchev–Trinajstić information content (AvgIpc) is 3.51. The highest BCUT2D eigenvalue weighted by Gasteiger charge is 2.25. The van der Waals surface area contributed by atoms with Gasteiger partial charge in [-0.25, -0.2) is 23.7 Å². The number of nitrogens with one attached hydrogen (secondary N) is 2. The Labute approximate surface area is 225 Å². The van der Waals surface area contributed by atoms with Crippen molar-refractivity contribution in [3.63, 3.8) is 0 Å². The Balaban J connectivity index is 1.53. The van der Waals surface area contributed by atoms with Crippen LogP contribution in [0.25, 0.3) is 22.5 Å². The van der Waals surface area contributed by atoms with E-state index >= 15 is 0 Å². The van der Waals surface area contributed by atoms with Gasteiger partial charge in [0.1, 0.15) is 29.1 Å². The number of pyridine rings is 1. The van der Waals surface area contributed by atoms with E-state index in [0.717, 1.165) is 6.20 Å². The highest BCUT2D eigenvalue weighted by molar-refractivity contribution is 6.01. The van der Waals surface area contributed by atoms with E-state index in [1.54, 1.807) is 38.1 Å². The first-order valence-electron chi connectivity index (χ1n) is 12.4. The Bertz CT molecular complexity index is 1830. The molecular formula is C26H24FN9O4. The van der Waals surface area contributed by atoms with Gasteiger partial charge in [-0.3, -0.25) is 9.32 Å². The monoisotopic (exact) mass is 545 g/mol. The van der Waals surface area contributed by atoms with Crippen LogP contribution in [0.5, 0.6) is 5.88 Å². The number of benzene rings is 1. The number of carbonyl (C=O) groups is 1. The highest BCUT2D eigenvalue weighted by atomic mass is 19.1. The standard InChI is InChI=1S/C26H24FN9O4/c1-12-9-29-24(37)19-11-31-36-21(28)20(15-4-6-17(7-5-15)35-14(3)34-40-26(35)38)22(33-23(19)36)32-13(2)18-8-16(27)10-30-25(18)39-12/h4-8,10-13H,9,28H2,1-3H3,(H,29,37)(H,32,33). The summed E-state index contributed by atoms with van der Waals surface area (Å²) in [5.74, 6) is -0.402. The minimum atomic E-state index is -0.611. The van der Waals surface area contributed by atoms with E-state index in [9.17, 15) is 14.0 Å². The quantitative estimate of drug-likeness (QED) is 0.300. The van der Waals surface area contributed by atoms with Crippen LogP contribution >= 0.6 is 0 Å². The van der Waals surface area contributed by atoms with Crippen molar-refractivity contribution in [2.75, 3.05) is 17.6 Å².